The average Bonchev–Trinajstić information content (AvgIpc) is 2.50. The van der Waals surface area contributed by atoms with E-state index < -0.39 is 0 Å². The molecule has 130 valence electrons. The lowest BCUT2D eigenvalue weighted by Crippen LogP contribution is -2.24. The molecule has 1 N–H and O–H groups in total. The molecular formula is C21H28O3. The molecule has 0 amide bonds. The first-order valence-corrected chi connectivity index (χ1v) is 9.07. The van der Waals surface area contributed by atoms with Crippen LogP contribution in [-0.2, 0) is 9.53 Å². The van der Waals surface area contributed by atoms with Gasteiger partial charge in [0.2, 0.25) is 0 Å². The van der Waals surface area contributed by atoms with Crippen molar-refractivity contribution in [1.82, 2.24) is 0 Å². The minimum absolute atomic E-state index is 0.103. The molecule has 1 unspecified atom stereocenters. The van der Waals surface area contributed by atoms with E-state index in [4.69, 9.17) is 4.74 Å². The first-order chi connectivity index (χ1) is 11.5. The molecule has 0 bridgehead atoms. The molecule has 0 aromatic heterocycles. The monoisotopic (exact) mass is 328 g/mol. The highest BCUT2D eigenvalue weighted by Gasteiger charge is 2.31. The lowest BCUT2D eigenvalue weighted by atomic mass is 9.77. The van der Waals surface area contributed by atoms with E-state index in [0.29, 0.717) is 30.1 Å². The smallest absolute Gasteiger partial charge is 0.167 e. The van der Waals surface area contributed by atoms with Crippen LogP contribution in [0.2, 0.25) is 0 Å². The molecule has 2 aliphatic rings. The van der Waals surface area contributed by atoms with Gasteiger partial charge < -0.3 is 9.84 Å². The molecule has 3 heteroatoms. The number of ketones is 1. The van der Waals surface area contributed by atoms with Gasteiger partial charge >= 0.3 is 0 Å². The van der Waals surface area contributed by atoms with Crippen LogP contribution < -0.4 is 0 Å². The van der Waals surface area contributed by atoms with E-state index in [-0.39, 0.29) is 11.7 Å². The molecule has 3 nitrogen and oxygen atoms in total. The number of ether oxygens (including phenoxy) is 1. The van der Waals surface area contributed by atoms with E-state index in [1.807, 2.05) is 13.8 Å². The molecule has 1 aliphatic heterocycles. The number of aryl methyl sites for hydroxylation is 3. The summed E-state index contributed by atoms with van der Waals surface area (Å²) in [6.07, 6.45) is 4.38. The highest BCUT2D eigenvalue weighted by atomic mass is 16.5. The number of allylic oxidation sites excluding steroid dienone is 2. The summed E-state index contributed by atoms with van der Waals surface area (Å²) in [5.41, 5.74) is 4.84. The van der Waals surface area contributed by atoms with Crippen molar-refractivity contribution in [3.63, 3.8) is 0 Å². The van der Waals surface area contributed by atoms with Gasteiger partial charge in [0.25, 0.3) is 0 Å². The van der Waals surface area contributed by atoms with E-state index in [1.54, 1.807) is 0 Å². The van der Waals surface area contributed by atoms with Crippen LogP contribution in [0.15, 0.2) is 17.9 Å². The summed E-state index contributed by atoms with van der Waals surface area (Å²) in [6, 6.07) is 4.17. The van der Waals surface area contributed by atoms with Gasteiger partial charge in [0.15, 0.2) is 5.78 Å². The fraction of sp³-hybridized carbons (Fsp3) is 0.571. The summed E-state index contributed by atoms with van der Waals surface area (Å²) in [5.74, 6) is 1.30. The van der Waals surface area contributed by atoms with Gasteiger partial charge in [-0.3, -0.25) is 4.79 Å². The molecule has 1 aliphatic carbocycles. The number of carbonyl (C=O) groups excluding carboxylic acids is 1. The normalized spacial score (nSPS) is 23.0. The van der Waals surface area contributed by atoms with Crippen LogP contribution in [0.4, 0.5) is 0 Å². The van der Waals surface area contributed by atoms with Crippen molar-refractivity contribution in [3.8, 4) is 0 Å². The maximum Gasteiger partial charge on any atom is 0.167 e. The lowest BCUT2D eigenvalue weighted by Gasteiger charge is -2.30. The molecule has 0 saturated carbocycles. The van der Waals surface area contributed by atoms with E-state index in [1.165, 1.54) is 5.56 Å². The number of hydrogen-bond acceptors (Lipinski definition) is 3. The van der Waals surface area contributed by atoms with Crippen LogP contribution >= 0.6 is 0 Å². The van der Waals surface area contributed by atoms with Gasteiger partial charge in [-0.05, 0) is 68.6 Å². The fourth-order valence-corrected chi connectivity index (χ4v) is 4.45. The van der Waals surface area contributed by atoms with Crippen molar-refractivity contribution < 1.29 is 14.6 Å². The second kappa shape index (κ2) is 7.10. The van der Waals surface area contributed by atoms with Crippen molar-refractivity contribution >= 4 is 11.4 Å². The summed E-state index contributed by atoms with van der Waals surface area (Å²) < 4.78 is 5.42. The molecule has 1 aromatic rings. The zero-order valence-electron chi connectivity index (χ0n) is 15.0. The Bertz CT molecular complexity index is 643. The maximum atomic E-state index is 12.8. The Kier molecular flexibility index (Phi) is 5.09. The molecule has 24 heavy (non-hydrogen) atoms. The number of benzene rings is 1. The number of rotatable bonds is 3. The Labute approximate surface area is 144 Å². The van der Waals surface area contributed by atoms with E-state index in [0.717, 1.165) is 49.2 Å². The van der Waals surface area contributed by atoms with Crippen molar-refractivity contribution in [1.29, 1.82) is 0 Å². The van der Waals surface area contributed by atoms with Crippen LogP contribution in [-0.4, -0.2) is 24.1 Å². The Hall–Kier alpha value is -1.61. The predicted molar refractivity (Wildman–Crippen MR) is 96.1 cm³/mol. The van der Waals surface area contributed by atoms with Crippen LogP contribution in [0.3, 0.4) is 0 Å². The Morgan fingerprint density at radius 2 is 1.67 bits per heavy atom. The maximum absolute atomic E-state index is 12.8. The van der Waals surface area contributed by atoms with Gasteiger partial charge in [0, 0.05) is 26.1 Å². The van der Waals surface area contributed by atoms with E-state index >= 15 is 0 Å². The van der Waals surface area contributed by atoms with Gasteiger partial charge in [-0.15, -0.1) is 0 Å². The number of aliphatic hydroxyl groups is 1. The molecule has 1 heterocycles. The Morgan fingerprint density at radius 3 is 2.25 bits per heavy atom. The van der Waals surface area contributed by atoms with Gasteiger partial charge in [0.1, 0.15) is 5.76 Å². The SMILES string of the molecule is Cc1cc(C)c(C2=C(O)CC(CC3CCOCC3)CC2=O)c(C)c1. The van der Waals surface area contributed by atoms with Crippen LogP contribution in [0, 0.1) is 32.6 Å². The second-order valence-electron chi connectivity index (χ2n) is 7.58. The largest absolute Gasteiger partial charge is 0.512 e. The summed E-state index contributed by atoms with van der Waals surface area (Å²) in [5, 5.41) is 10.6. The van der Waals surface area contributed by atoms with Crippen molar-refractivity contribution in [2.24, 2.45) is 11.8 Å². The topological polar surface area (TPSA) is 46.5 Å². The van der Waals surface area contributed by atoms with Crippen molar-refractivity contribution in [2.45, 2.75) is 52.9 Å². The minimum atomic E-state index is 0.103. The van der Waals surface area contributed by atoms with Crippen LogP contribution in [0.5, 0.6) is 0 Å². The minimum Gasteiger partial charge on any atom is -0.512 e. The zero-order chi connectivity index (χ0) is 17.3. The first-order valence-electron chi connectivity index (χ1n) is 9.07. The summed E-state index contributed by atoms with van der Waals surface area (Å²) in [6.45, 7) is 7.78. The molecule has 0 spiro atoms. The first kappa shape index (κ1) is 17.2. The molecule has 1 atom stereocenters. The second-order valence-corrected chi connectivity index (χ2v) is 7.58. The molecule has 1 saturated heterocycles. The summed E-state index contributed by atoms with van der Waals surface area (Å²) in [4.78, 5) is 12.8. The van der Waals surface area contributed by atoms with Gasteiger partial charge in [-0.2, -0.15) is 0 Å². The molecule has 1 aromatic carbocycles. The number of carbonyl (C=O) groups is 1. The predicted octanol–water partition coefficient (Wildman–Crippen LogP) is 4.68. The van der Waals surface area contributed by atoms with Crippen LogP contribution in [0.1, 0.15) is 54.4 Å². The molecule has 0 radical (unpaired) electrons. The number of hydrogen-bond donors (Lipinski definition) is 1. The third kappa shape index (κ3) is 3.56. The highest BCUT2D eigenvalue weighted by Crippen LogP contribution is 2.38. The van der Waals surface area contributed by atoms with Crippen molar-refractivity contribution in [2.75, 3.05) is 13.2 Å². The number of Topliss-reactive ketones (excluding diaryl/α,β-unsaturated/α-hetero) is 1. The van der Waals surface area contributed by atoms with Crippen molar-refractivity contribution in [3.05, 3.63) is 40.1 Å². The Morgan fingerprint density at radius 1 is 1.04 bits per heavy atom. The fourth-order valence-electron chi connectivity index (χ4n) is 4.45. The Balaban J connectivity index is 1.82. The average molecular weight is 328 g/mol. The molecule has 1 fully saturated rings. The number of aliphatic hydroxyl groups excluding tert-OH is 1. The van der Waals surface area contributed by atoms with E-state index in [2.05, 4.69) is 19.1 Å². The highest BCUT2D eigenvalue weighted by molar-refractivity contribution is 6.22. The van der Waals surface area contributed by atoms with Gasteiger partial charge in [0.05, 0.1) is 5.57 Å². The molecular weight excluding hydrogens is 300 g/mol. The standard InChI is InChI=1S/C21H28O3/c1-13-8-14(2)20(15(3)9-13)21-18(22)11-17(12-19(21)23)10-16-4-6-24-7-5-16/h8-9,16-17,22H,4-7,10-12H2,1-3H3. The van der Waals surface area contributed by atoms with Gasteiger partial charge in [-0.25, -0.2) is 0 Å². The quantitative estimate of drug-likeness (QED) is 0.876. The van der Waals surface area contributed by atoms with E-state index in [9.17, 15) is 9.90 Å². The summed E-state index contributed by atoms with van der Waals surface area (Å²) >= 11 is 0. The summed E-state index contributed by atoms with van der Waals surface area (Å²) in [7, 11) is 0. The molecule has 3 rings (SSSR count). The third-order valence-corrected chi connectivity index (χ3v) is 5.46. The van der Waals surface area contributed by atoms with Gasteiger partial charge in [-0.1, -0.05) is 17.7 Å². The van der Waals surface area contributed by atoms with Crippen LogP contribution in [0.25, 0.3) is 5.57 Å². The lowest BCUT2D eigenvalue weighted by molar-refractivity contribution is -0.115. The zero-order valence-corrected chi connectivity index (χ0v) is 15.0. The third-order valence-electron chi connectivity index (χ3n) is 5.46.